The summed E-state index contributed by atoms with van der Waals surface area (Å²) in [7, 11) is 4.67. The minimum Gasteiger partial charge on any atom is -0.493 e. The molecule has 8 heteroatoms. The van der Waals surface area contributed by atoms with Gasteiger partial charge in [0.2, 0.25) is 5.75 Å². The third-order valence-electron chi connectivity index (χ3n) is 5.40. The lowest BCUT2D eigenvalue weighted by Gasteiger charge is -2.37. The largest absolute Gasteiger partial charge is 0.493 e. The number of aromatic nitrogens is 1. The van der Waals surface area contributed by atoms with E-state index >= 15 is 0 Å². The maximum atomic E-state index is 13.2. The third-order valence-corrected chi connectivity index (χ3v) is 5.40. The van der Waals surface area contributed by atoms with Gasteiger partial charge in [0.1, 0.15) is 5.82 Å². The number of amides is 2. The molecular formula is C23H24FN3O4. The number of halogens is 1. The van der Waals surface area contributed by atoms with E-state index in [0.717, 1.165) is 11.3 Å². The quantitative estimate of drug-likeness (QED) is 0.662. The van der Waals surface area contributed by atoms with E-state index in [-0.39, 0.29) is 17.9 Å². The Balaban J connectivity index is 1.75. The van der Waals surface area contributed by atoms with Crippen molar-refractivity contribution in [3.63, 3.8) is 0 Å². The SMILES string of the molecule is COc1cc([C@H]2c3cccn3CCN2C(=O)Nc2ccc(F)cc2)cc(OC)c1OC. The average Bonchev–Trinajstić information content (AvgIpc) is 3.27. The van der Waals surface area contributed by atoms with Crippen LogP contribution >= 0.6 is 0 Å². The number of nitrogens with one attached hydrogen (secondary N) is 1. The zero-order chi connectivity index (χ0) is 22.0. The predicted octanol–water partition coefficient (Wildman–Crippen LogP) is 4.29. The number of urea groups is 1. The monoisotopic (exact) mass is 425 g/mol. The number of ether oxygens (including phenoxy) is 3. The minimum absolute atomic E-state index is 0.280. The Bertz CT molecular complexity index is 1060. The van der Waals surface area contributed by atoms with Crippen LogP contribution in [0.2, 0.25) is 0 Å². The second kappa shape index (κ2) is 8.59. The Morgan fingerprint density at radius 1 is 1.00 bits per heavy atom. The molecule has 1 N–H and O–H groups in total. The summed E-state index contributed by atoms with van der Waals surface area (Å²) in [6.07, 6.45) is 2.00. The average molecular weight is 425 g/mol. The summed E-state index contributed by atoms with van der Waals surface area (Å²) in [5.74, 6) is 1.16. The van der Waals surface area contributed by atoms with Crippen LogP contribution in [0.25, 0.3) is 0 Å². The molecule has 2 amide bonds. The van der Waals surface area contributed by atoms with Crippen LogP contribution in [0.5, 0.6) is 17.2 Å². The number of hydrogen-bond donors (Lipinski definition) is 1. The molecule has 1 atom stereocenters. The second-order valence-corrected chi connectivity index (χ2v) is 7.12. The van der Waals surface area contributed by atoms with Gasteiger partial charge in [0.15, 0.2) is 11.5 Å². The fourth-order valence-corrected chi connectivity index (χ4v) is 3.94. The molecule has 7 nitrogen and oxygen atoms in total. The van der Waals surface area contributed by atoms with E-state index in [1.54, 1.807) is 26.2 Å². The summed E-state index contributed by atoms with van der Waals surface area (Å²) in [4.78, 5) is 15.0. The van der Waals surface area contributed by atoms with E-state index in [2.05, 4.69) is 9.88 Å². The van der Waals surface area contributed by atoms with Crippen LogP contribution in [0, 0.1) is 5.82 Å². The van der Waals surface area contributed by atoms with Crippen LogP contribution in [0.4, 0.5) is 14.9 Å². The summed E-state index contributed by atoms with van der Waals surface area (Å²) in [5.41, 5.74) is 2.31. The summed E-state index contributed by atoms with van der Waals surface area (Å²) in [5, 5.41) is 2.87. The molecule has 1 aliphatic heterocycles. The van der Waals surface area contributed by atoms with E-state index in [0.29, 0.717) is 36.0 Å². The first-order valence-electron chi connectivity index (χ1n) is 9.84. The fraction of sp³-hybridized carbons (Fsp3) is 0.261. The van der Waals surface area contributed by atoms with Gasteiger partial charge in [-0.2, -0.15) is 0 Å². The van der Waals surface area contributed by atoms with Crippen LogP contribution in [0.15, 0.2) is 54.7 Å². The first-order valence-corrected chi connectivity index (χ1v) is 9.84. The molecule has 0 saturated carbocycles. The molecule has 1 aromatic heterocycles. The van der Waals surface area contributed by atoms with Crippen molar-refractivity contribution in [3.05, 3.63) is 71.8 Å². The molecule has 0 fully saturated rings. The summed E-state index contributed by atoms with van der Waals surface area (Å²) < 4.78 is 31.8. The highest BCUT2D eigenvalue weighted by Crippen LogP contribution is 2.43. The zero-order valence-corrected chi connectivity index (χ0v) is 17.6. The van der Waals surface area contributed by atoms with Gasteiger partial charge in [0.25, 0.3) is 0 Å². The van der Waals surface area contributed by atoms with Crippen LogP contribution < -0.4 is 19.5 Å². The van der Waals surface area contributed by atoms with E-state index in [1.165, 1.54) is 24.3 Å². The van der Waals surface area contributed by atoms with Crippen LogP contribution in [-0.4, -0.2) is 43.4 Å². The number of carbonyl (C=O) groups is 1. The molecule has 2 aromatic carbocycles. The number of carbonyl (C=O) groups excluding carboxylic acids is 1. The van der Waals surface area contributed by atoms with Gasteiger partial charge >= 0.3 is 6.03 Å². The molecule has 4 rings (SSSR count). The highest BCUT2D eigenvalue weighted by atomic mass is 19.1. The predicted molar refractivity (Wildman–Crippen MR) is 114 cm³/mol. The maximum absolute atomic E-state index is 13.2. The van der Waals surface area contributed by atoms with Gasteiger partial charge < -0.3 is 29.0 Å². The maximum Gasteiger partial charge on any atom is 0.322 e. The number of rotatable bonds is 5. The minimum atomic E-state index is -0.377. The van der Waals surface area contributed by atoms with Crippen molar-refractivity contribution in [1.29, 1.82) is 0 Å². The summed E-state index contributed by atoms with van der Waals surface area (Å²) in [6.45, 7) is 1.16. The van der Waals surface area contributed by atoms with E-state index in [4.69, 9.17) is 14.2 Å². The van der Waals surface area contributed by atoms with Crippen LogP contribution in [0.3, 0.4) is 0 Å². The van der Waals surface area contributed by atoms with Crippen molar-refractivity contribution in [3.8, 4) is 17.2 Å². The molecule has 0 saturated heterocycles. The van der Waals surface area contributed by atoms with Gasteiger partial charge in [0.05, 0.1) is 27.4 Å². The molecule has 0 unspecified atom stereocenters. The highest BCUT2D eigenvalue weighted by Gasteiger charge is 2.33. The van der Waals surface area contributed by atoms with Crippen LogP contribution in [0.1, 0.15) is 17.3 Å². The molecule has 0 bridgehead atoms. The van der Waals surface area contributed by atoms with Crippen molar-refractivity contribution in [2.45, 2.75) is 12.6 Å². The lowest BCUT2D eigenvalue weighted by atomic mass is 9.99. The number of nitrogens with zero attached hydrogens (tertiary/aromatic N) is 2. The highest BCUT2D eigenvalue weighted by molar-refractivity contribution is 5.90. The topological polar surface area (TPSA) is 65.0 Å². The first-order chi connectivity index (χ1) is 15.0. The van der Waals surface area contributed by atoms with Gasteiger partial charge in [-0.15, -0.1) is 0 Å². The number of fused-ring (bicyclic) bond motifs is 1. The lowest BCUT2D eigenvalue weighted by Crippen LogP contribution is -2.44. The first kappa shape index (κ1) is 20.6. The molecule has 0 spiro atoms. The molecule has 162 valence electrons. The molecular weight excluding hydrogens is 401 g/mol. The van der Waals surface area contributed by atoms with Crippen molar-refractivity contribution in [2.24, 2.45) is 0 Å². The third kappa shape index (κ3) is 3.88. The normalized spacial score (nSPS) is 15.2. The van der Waals surface area contributed by atoms with E-state index in [9.17, 15) is 9.18 Å². The number of anilines is 1. The van der Waals surface area contributed by atoms with Gasteiger partial charge in [-0.25, -0.2) is 9.18 Å². The number of methoxy groups -OCH3 is 3. The van der Waals surface area contributed by atoms with Gasteiger partial charge in [0, 0.05) is 30.7 Å². The molecule has 1 aliphatic rings. The number of hydrogen-bond acceptors (Lipinski definition) is 4. The standard InChI is InChI=1S/C23H24FN3O4/c1-29-19-13-15(14-20(30-2)22(19)31-3)21-18-5-4-10-26(18)11-12-27(21)23(28)25-17-8-6-16(24)7-9-17/h4-10,13-14,21H,11-12H2,1-3H3,(H,25,28)/t21-/m0/s1. The van der Waals surface area contributed by atoms with E-state index < -0.39 is 0 Å². The molecule has 0 aliphatic carbocycles. The smallest absolute Gasteiger partial charge is 0.322 e. The van der Waals surface area contributed by atoms with Crippen molar-refractivity contribution >= 4 is 11.7 Å². The zero-order valence-electron chi connectivity index (χ0n) is 17.6. The van der Waals surface area contributed by atoms with Gasteiger partial charge in [-0.3, -0.25) is 0 Å². The van der Waals surface area contributed by atoms with E-state index in [1.807, 2.05) is 30.5 Å². The molecule has 31 heavy (non-hydrogen) atoms. The molecule has 3 aromatic rings. The summed E-state index contributed by atoms with van der Waals surface area (Å²) >= 11 is 0. The molecule has 0 radical (unpaired) electrons. The number of benzene rings is 2. The van der Waals surface area contributed by atoms with Gasteiger partial charge in [-0.1, -0.05) is 0 Å². The lowest BCUT2D eigenvalue weighted by molar-refractivity contribution is 0.181. The Labute approximate surface area is 179 Å². The van der Waals surface area contributed by atoms with Crippen molar-refractivity contribution < 1.29 is 23.4 Å². The van der Waals surface area contributed by atoms with Crippen molar-refractivity contribution in [1.82, 2.24) is 9.47 Å². The van der Waals surface area contributed by atoms with Gasteiger partial charge in [-0.05, 0) is 54.1 Å². The Kier molecular flexibility index (Phi) is 5.70. The van der Waals surface area contributed by atoms with Crippen molar-refractivity contribution in [2.75, 3.05) is 33.2 Å². The summed E-state index contributed by atoms with van der Waals surface area (Å²) in [6, 6.07) is 12.7. The molecule has 2 heterocycles. The van der Waals surface area contributed by atoms with Crippen LogP contribution in [-0.2, 0) is 6.54 Å². The Morgan fingerprint density at radius 2 is 1.68 bits per heavy atom. The second-order valence-electron chi connectivity index (χ2n) is 7.12. The Morgan fingerprint density at radius 3 is 2.29 bits per heavy atom. The Hall–Kier alpha value is -3.68. The fourth-order valence-electron chi connectivity index (χ4n) is 3.94.